The summed E-state index contributed by atoms with van der Waals surface area (Å²) in [6.07, 6.45) is 36.4. The molecule has 4 aliphatic carbocycles. The Hall–Kier alpha value is -8.40. The lowest BCUT2D eigenvalue weighted by molar-refractivity contribution is 0.0592. The molecule has 2 amide bonds. The maximum absolute atomic E-state index is 13.5. The number of hydrogen-bond acceptors (Lipinski definition) is 15. The molecule has 0 saturated heterocycles. The first kappa shape index (κ1) is 96.4. The van der Waals surface area contributed by atoms with Gasteiger partial charge in [0, 0.05) is 53.8 Å². The van der Waals surface area contributed by atoms with Crippen LogP contribution in [0.2, 0.25) is 0 Å². The first-order valence-electron chi connectivity index (χ1n) is 42.1. The predicted octanol–water partition coefficient (Wildman–Crippen LogP) is 22.4. The van der Waals surface area contributed by atoms with Crippen LogP contribution in [-0.2, 0) is 32.8 Å². The first-order valence-corrected chi connectivity index (χ1v) is 46.6. The number of amides is 2. The fourth-order valence-electron chi connectivity index (χ4n) is 15.8. The van der Waals surface area contributed by atoms with Crippen LogP contribution < -0.4 is 16.4 Å². The molecule has 0 heterocycles. The number of aliphatic hydroxyl groups excluding tert-OH is 1. The lowest BCUT2D eigenvalue weighted by Gasteiger charge is -2.29. The zero-order chi connectivity index (χ0) is 83.3. The van der Waals surface area contributed by atoms with Gasteiger partial charge in [-0.25, -0.2) is 22.8 Å². The van der Waals surface area contributed by atoms with Crippen molar-refractivity contribution in [3.8, 4) is 0 Å². The van der Waals surface area contributed by atoms with Gasteiger partial charge in [-0.2, -0.15) is 8.42 Å². The van der Waals surface area contributed by atoms with E-state index in [9.17, 15) is 36.1 Å². The van der Waals surface area contributed by atoms with E-state index in [-0.39, 0.29) is 17.6 Å². The van der Waals surface area contributed by atoms with Crippen molar-refractivity contribution in [3.05, 3.63) is 280 Å². The summed E-state index contributed by atoms with van der Waals surface area (Å²) < 4.78 is 54.1. The summed E-state index contributed by atoms with van der Waals surface area (Å²) in [5.74, 6) is 3.44. The Kier molecular flexibility index (Phi) is 47.3. The number of anilines is 1. The summed E-state index contributed by atoms with van der Waals surface area (Å²) in [6, 6.07) is 76.9. The van der Waals surface area contributed by atoms with Crippen LogP contribution in [-0.4, -0.2) is 117 Å². The molecule has 0 spiro atoms. The fraction of sp³-hybridized carbons (Fsp3) is 0.469. The number of carbonyl (C=O) groups is 3. The maximum atomic E-state index is 13.5. The number of halogens is 1. The highest BCUT2D eigenvalue weighted by atomic mass is 35.7. The van der Waals surface area contributed by atoms with Crippen LogP contribution in [0.3, 0.4) is 0 Å². The number of nitrogens with one attached hydrogen (secondary N) is 2. The second-order valence-corrected chi connectivity index (χ2v) is 35.4. The van der Waals surface area contributed by atoms with E-state index in [4.69, 9.17) is 19.8 Å². The molecule has 0 aliphatic heterocycles. The summed E-state index contributed by atoms with van der Waals surface area (Å²) in [5, 5.41) is 18.0. The lowest BCUT2D eigenvalue weighted by atomic mass is 9.86. The van der Waals surface area contributed by atoms with Gasteiger partial charge in [0.2, 0.25) is 9.05 Å². The third-order valence-electron chi connectivity index (χ3n) is 22.0. The SMILES string of the molecule is COC(=O)c1cccc(N=O)c1.COC(=O)c1cccc(NC(=O)N(CCC2CCCCC2)CCC(c2ccccc2)c2ccccc2)c1.CS(=O)(=O)Cl.CS(=O)(=O)OCCC1CCCCC1.NCCC(c1ccccc1)c1ccccc1.OCCC1CCCCC1.c1ccc(C(CCNCCC2CCCCC2)c2ccccc2)cc1. The molecule has 630 valence electrons. The quantitative estimate of drug-likeness (QED) is 0.0107. The number of ether oxygens (including phenoxy) is 2. The van der Waals surface area contributed by atoms with Crippen molar-refractivity contribution < 1.29 is 50.0 Å². The molecule has 4 fully saturated rings. The summed E-state index contributed by atoms with van der Waals surface area (Å²) in [4.78, 5) is 48.4. The number of hydrogen-bond donors (Lipinski definition) is 4. The Morgan fingerprint density at radius 2 is 0.810 bits per heavy atom. The van der Waals surface area contributed by atoms with Crippen molar-refractivity contribution in [1.82, 2.24) is 10.2 Å². The van der Waals surface area contributed by atoms with E-state index in [1.807, 2.05) is 29.2 Å². The van der Waals surface area contributed by atoms with Crippen LogP contribution in [0.4, 0.5) is 16.2 Å². The third kappa shape index (κ3) is 40.6. The van der Waals surface area contributed by atoms with Crippen molar-refractivity contribution >= 4 is 59.2 Å². The number of nitrogens with two attached hydrogens (primary N) is 1. The number of esters is 2. The molecular formula is C96H130ClN5O12S2. The van der Waals surface area contributed by atoms with Crippen LogP contribution in [0, 0.1) is 28.6 Å². The van der Waals surface area contributed by atoms with Gasteiger partial charge in [-0.3, -0.25) is 4.18 Å². The second-order valence-electron chi connectivity index (χ2n) is 30.8. The van der Waals surface area contributed by atoms with E-state index in [0.717, 1.165) is 69.5 Å². The van der Waals surface area contributed by atoms with E-state index in [2.05, 4.69) is 189 Å². The van der Waals surface area contributed by atoms with Crippen LogP contribution in [0.25, 0.3) is 0 Å². The number of aliphatic hydroxyl groups is 1. The van der Waals surface area contributed by atoms with Gasteiger partial charge in [0.05, 0.1) is 44.5 Å². The third-order valence-corrected chi connectivity index (χ3v) is 22.6. The molecule has 0 bridgehead atoms. The molecule has 0 radical (unpaired) electrons. The van der Waals surface area contributed by atoms with Gasteiger partial charge in [0.25, 0.3) is 10.1 Å². The summed E-state index contributed by atoms with van der Waals surface area (Å²) in [7, 11) is 0.722. The Labute approximate surface area is 698 Å². The molecule has 20 heteroatoms. The van der Waals surface area contributed by atoms with E-state index >= 15 is 0 Å². The number of carbonyl (C=O) groups excluding carboxylic acids is 3. The molecule has 0 atom stereocenters. The van der Waals surface area contributed by atoms with E-state index < -0.39 is 31.1 Å². The monoisotopic (exact) mass is 1640 g/mol. The largest absolute Gasteiger partial charge is 0.465 e. The molecule has 116 heavy (non-hydrogen) atoms. The summed E-state index contributed by atoms with van der Waals surface area (Å²) in [5.41, 5.74) is 15.3. The highest BCUT2D eigenvalue weighted by Gasteiger charge is 2.24. The minimum atomic E-state index is -3.22. The standard InChI is InChI=1S/C32H38N2O3.C23H31N.C15H17N.C9H18O3S.C8H7NO3.C8H16O.CH3ClO2S/c1-37-31(35)28-18-11-19-29(24-28)33-32(36)34(22-20-25-12-5-2-6-13-25)23-21-30(26-14-7-3-8-15-26)27-16-9-4-10-17-27;1-4-10-20(11-5-1)16-18-24-19-17-23(21-12-6-2-7-13-21)22-14-8-3-9-15-22;16-12-11-15(13-7-3-1-4-8-13)14-9-5-2-6-10-14;1-13(10,11)12-8-7-9-5-3-2-4-6-9;1-12-8(10)6-3-2-4-7(5-6)9-11;9-7-6-8-4-2-1-3-5-8;1-5(2,3)4/h3-4,7-11,14-19,24-25,30H,2,5-6,12-13,20-23H2,1H3,(H,33,36);2-3,6-9,12-15,20,23-24H,1,4-5,10-11,16-19H2;1-10,15H,11-12,16H2;9H,2-8H2,1H3;2-5H,1H3;8-9H,1-7H2;1H3. The molecule has 5 N–H and O–H groups in total. The molecule has 12 rings (SSSR count). The number of nitroso groups, excluding NO2 is 1. The van der Waals surface area contributed by atoms with Gasteiger partial charge in [-0.1, -0.05) is 323 Å². The highest BCUT2D eigenvalue weighted by molar-refractivity contribution is 8.13. The minimum absolute atomic E-state index is 0.127. The topological polar surface area (TPSA) is 250 Å². The lowest BCUT2D eigenvalue weighted by Crippen LogP contribution is -2.38. The van der Waals surface area contributed by atoms with Crippen molar-refractivity contribution in [1.29, 1.82) is 0 Å². The summed E-state index contributed by atoms with van der Waals surface area (Å²) in [6.45, 7) is 5.12. The van der Waals surface area contributed by atoms with E-state index in [0.29, 0.717) is 66.8 Å². The second kappa shape index (κ2) is 56.9. The zero-order valence-electron chi connectivity index (χ0n) is 69.1. The predicted molar refractivity (Wildman–Crippen MR) is 475 cm³/mol. The van der Waals surface area contributed by atoms with Crippen LogP contribution >= 0.6 is 10.7 Å². The molecule has 8 aromatic rings. The molecule has 17 nitrogen and oxygen atoms in total. The van der Waals surface area contributed by atoms with E-state index in [1.54, 1.807) is 36.4 Å². The van der Waals surface area contributed by atoms with Gasteiger partial charge in [-0.05, 0) is 163 Å². The minimum Gasteiger partial charge on any atom is -0.465 e. The van der Waals surface area contributed by atoms with Gasteiger partial charge in [0.15, 0.2) is 0 Å². The maximum Gasteiger partial charge on any atom is 0.337 e. The van der Waals surface area contributed by atoms with Gasteiger partial charge in [0.1, 0.15) is 5.69 Å². The van der Waals surface area contributed by atoms with Crippen LogP contribution in [0.1, 0.15) is 245 Å². The number of methoxy groups -OCH3 is 2. The van der Waals surface area contributed by atoms with Crippen LogP contribution in [0.15, 0.2) is 236 Å². The molecule has 8 aromatic carbocycles. The Balaban J connectivity index is 0.000000228. The first-order chi connectivity index (χ1) is 56.3. The van der Waals surface area contributed by atoms with Crippen molar-refractivity contribution in [2.24, 2.45) is 34.6 Å². The van der Waals surface area contributed by atoms with Gasteiger partial charge in [-0.15, -0.1) is 4.91 Å². The Morgan fingerprint density at radius 3 is 1.18 bits per heavy atom. The van der Waals surface area contributed by atoms with Crippen molar-refractivity contribution in [2.45, 2.75) is 191 Å². The Morgan fingerprint density at radius 1 is 0.457 bits per heavy atom. The van der Waals surface area contributed by atoms with Crippen LogP contribution in [0.5, 0.6) is 0 Å². The van der Waals surface area contributed by atoms with Crippen molar-refractivity contribution in [3.63, 3.8) is 0 Å². The number of nitrogens with zero attached hydrogens (tertiary/aromatic N) is 2. The van der Waals surface area contributed by atoms with Gasteiger partial charge < -0.3 is 35.8 Å². The van der Waals surface area contributed by atoms with Gasteiger partial charge >= 0.3 is 18.0 Å². The smallest absolute Gasteiger partial charge is 0.337 e. The molecule has 0 aromatic heterocycles. The highest BCUT2D eigenvalue weighted by Crippen LogP contribution is 2.34. The average molecular weight is 1650 g/mol. The van der Waals surface area contributed by atoms with E-state index in [1.165, 1.54) is 208 Å². The number of rotatable bonds is 30. The average Bonchev–Trinajstić information content (AvgIpc) is 0.849. The number of urea groups is 1. The molecular weight excluding hydrogens is 1510 g/mol. The molecule has 4 saturated carbocycles. The van der Waals surface area contributed by atoms with Crippen molar-refractivity contribution in [2.75, 3.05) is 78.0 Å². The number of benzene rings is 8. The Bertz CT molecular complexity index is 4050. The molecule has 4 aliphatic rings. The molecule has 0 unspecified atom stereocenters. The fourth-order valence-corrected chi connectivity index (χ4v) is 16.2. The normalized spacial score (nSPS) is 14.6. The zero-order valence-corrected chi connectivity index (χ0v) is 71.5. The summed E-state index contributed by atoms with van der Waals surface area (Å²) >= 11 is 0.